The molecule has 3 aliphatic heterocycles. The van der Waals surface area contributed by atoms with Crippen LogP contribution in [-0.4, -0.2) is 47.3 Å². The fourth-order valence-corrected chi connectivity index (χ4v) is 5.76. The number of rotatable bonds is 0. The normalized spacial score (nSPS) is 18.5. The van der Waals surface area contributed by atoms with Gasteiger partial charge in [0.05, 0.1) is 17.2 Å². The Kier molecular flexibility index (Phi) is 5.26. The van der Waals surface area contributed by atoms with Crippen LogP contribution in [-0.2, 0) is 0 Å². The molecule has 0 N–H and O–H groups in total. The number of benzene rings is 2. The molecule has 2 atom stereocenters. The van der Waals surface area contributed by atoms with Crippen molar-refractivity contribution in [1.82, 2.24) is 39.9 Å². The summed E-state index contributed by atoms with van der Waals surface area (Å²) in [5, 5.41) is 1.81. The fourth-order valence-electron chi connectivity index (χ4n) is 5.76. The van der Waals surface area contributed by atoms with Crippen LogP contribution in [0.5, 0.6) is 0 Å². The number of nitrogens with zero attached hydrogens (tertiary/aromatic N) is 8. The van der Waals surface area contributed by atoms with Crippen LogP contribution in [0.4, 0.5) is 0 Å². The van der Waals surface area contributed by atoms with Gasteiger partial charge < -0.3 is 24.9 Å². The average molecular weight is 542 g/mol. The number of hydrogen-bond donors (Lipinski definition) is 0. The van der Waals surface area contributed by atoms with Crippen LogP contribution >= 0.6 is 0 Å². The Morgan fingerprint density at radius 3 is 2.00 bits per heavy atom. The predicted molar refractivity (Wildman–Crippen MR) is 157 cm³/mol. The van der Waals surface area contributed by atoms with E-state index < -0.39 is 0 Å². The molecule has 8 nitrogen and oxygen atoms in total. The van der Waals surface area contributed by atoms with Crippen LogP contribution < -0.4 is 20.9 Å². The van der Waals surface area contributed by atoms with Crippen LogP contribution in [0.2, 0.25) is 0 Å². The molecule has 0 saturated carbocycles. The summed E-state index contributed by atoms with van der Waals surface area (Å²) in [6.45, 7) is 0. The predicted octanol–water partition coefficient (Wildman–Crippen LogP) is 3.10. The molecule has 5 aliphatic rings. The molecule has 0 fully saturated rings. The summed E-state index contributed by atoms with van der Waals surface area (Å²) >= 11 is 0. The van der Waals surface area contributed by atoms with Gasteiger partial charge in [-0.25, -0.2) is 15.0 Å². The molecule has 8 bridgehead atoms. The molecule has 9 rings (SSSR count). The van der Waals surface area contributed by atoms with E-state index >= 15 is 0 Å². The van der Waals surface area contributed by atoms with Crippen LogP contribution in [0, 0.1) is 0 Å². The molecule has 2 aromatic heterocycles. The van der Waals surface area contributed by atoms with Gasteiger partial charge in [-0.3, -0.25) is 0 Å². The van der Waals surface area contributed by atoms with E-state index in [2.05, 4.69) is 12.2 Å². The van der Waals surface area contributed by atoms with Gasteiger partial charge in [-0.1, -0.05) is 97.1 Å². The maximum Gasteiger partial charge on any atom is 3.00 e. The summed E-state index contributed by atoms with van der Waals surface area (Å²) in [4.78, 5) is 39.5. The van der Waals surface area contributed by atoms with Crippen molar-refractivity contribution in [2.45, 2.75) is 11.8 Å². The van der Waals surface area contributed by atoms with E-state index in [9.17, 15) is 0 Å². The molecule has 2 unspecified atom stereocenters. The summed E-state index contributed by atoms with van der Waals surface area (Å²) in [5.74, 6) is 2.21. The third-order valence-corrected chi connectivity index (χ3v) is 7.67. The van der Waals surface area contributed by atoms with E-state index in [1.165, 1.54) is 0 Å². The van der Waals surface area contributed by atoms with Crippen molar-refractivity contribution in [3.8, 4) is 22.8 Å². The van der Waals surface area contributed by atoms with Gasteiger partial charge in [-0.15, -0.1) is 0 Å². The van der Waals surface area contributed by atoms with Crippen molar-refractivity contribution < 1.29 is 0 Å². The molecular weight excluding hydrogens is 523 g/mol. The van der Waals surface area contributed by atoms with Crippen molar-refractivity contribution in [2.75, 3.05) is 0 Å². The molecule has 2 aromatic carbocycles. The molecule has 0 spiro atoms. The van der Waals surface area contributed by atoms with Crippen molar-refractivity contribution in [3.05, 3.63) is 120 Å². The Bertz CT molecular complexity index is 2250. The van der Waals surface area contributed by atoms with E-state index in [1.807, 2.05) is 85.0 Å². The number of allylic oxidation sites excluding steroid dienone is 8. The van der Waals surface area contributed by atoms with Crippen molar-refractivity contribution >= 4 is 50.6 Å². The van der Waals surface area contributed by atoms with Crippen molar-refractivity contribution in [3.63, 3.8) is 0 Å². The van der Waals surface area contributed by atoms with Crippen molar-refractivity contribution in [2.24, 2.45) is 0 Å². The number of fused-ring (bicyclic) bond motifs is 18. The van der Waals surface area contributed by atoms with Gasteiger partial charge >= 0.3 is 17.4 Å². The van der Waals surface area contributed by atoms with E-state index in [0.717, 1.165) is 33.0 Å². The standard InChI is InChI=1S/C32H18N8.Al/c1-2-10-18-17(9-1)25-33-26(18)38-28-21-13-5-6-14-22(21)30(35-28)40-32-24-16-8-7-15-23(24)31(36-32)39-29-20-12-4-3-11-19(20)27(34-29)37-25;/h1-17,20H;/q-2;+3. The molecule has 188 valence electrons. The second-order valence-corrected chi connectivity index (χ2v) is 10.00. The average Bonchev–Trinajstić information content (AvgIpc) is 3.73. The Morgan fingerprint density at radius 2 is 1.22 bits per heavy atom. The van der Waals surface area contributed by atoms with Crippen LogP contribution in [0.25, 0.3) is 56.0 Å². The summed E-state index contributed by atoms with van der Waals surface area (Å²) in [6, 6.07) is 16.0. The van der Waals surface area contributed by atoms with Gasteiger partial charge in [0, 0.05) is 39.6 Å². The Hall–Kier alpha value is -4.97. The fraction of sp³-hybridized carbons (Fsp3) is 0.0625. The minimum Gasteiger partial charge on any atom is -0.361 e. The monoisotopic (exact) mass is 541 g/mol. The summed E-state index contributed by atoms with van der Waals surface area (Å²) in [6.07, 6.45) is 16.3. The summed E-state index contributed by atoms with van der Waals surface area (Å²) < 4.78 is 0. The smallest absolute Gasteiger partial charge is 0.361 e. The summed E-state index contributed by atoms with van der Waals surface area (Å²) in [5.41, 5.74) is 6.13. The maximum absolute atomic E-state index is 5.01. The second-order valence-electron chi connectivity index (χ2n) is 10.00. The Labute approximate surface area is 244 Å². The molecule has 0 amide bonds. The molecule has 4 aromatic rings. The van der Waals surface area contributed by atoms with Gasteiger partial charge in [0.15, 0.2) is 5.82 Å². The zero-order valence-corrected chi connectivity index (χ0v) is 22.7. The minimum atomic E-state index is -0.113. The SMILES string of the molecule is C1=CC2=c3nc(nc4nc(nc5[n-]c(nc6[n-]c(n3)C3C=CC=CC=63)c3ccccc53)-c3ccccc3-4)C2C=C1.[Al+3]. The Balaban J connectivity index is 0.00000256. The molecule has 0 saturated heterocycles. The zero-order chi connectivity index (χ0) is 26.2. The first-order valence-electron chi connectivity index (χ1n) is 13.1. The molecule has 5 heterocycles. The van der Waals surface area contributed by atoms with Gasteiger partial charge in [0.2, 0.25) is 0 Å². The van der Waals surface area contributed by atoms with E-state index in [0.29, 0.717) is 45.6 Å². The summed E-state index contributed by atoms with van der Waals surface area (Å²) in [7, 11) is 0. The minimum absolute atomic E-state index is 0. The first-order valence-corrected chi connectivity index (χ1v) is 13.1. The van der Waals surface area contributed by atoms with E-state index in [4.69, 9.17) is 39.9 Å². The third-order valence-electron chi connectivity index (χ3n) is 7.67. The van der Waals surface area contributed by atoms with E-state index in [1.54, 1.807) is 0 Å². The molecule has 0 radical (unpaired) electrons. The van der Waals surface area contributed by atoms with Crippen LogP contribution in [0.15, 0.2) is 97.1 Å². The van der Waals surface area contributed by atoms with Gasteiger partial charge in [-0.2, -0.15) is 0 Å². The number of aromatic nitrogens is 8. The first kappa shape index (κ1) is 23.9. The zero-order valence-electron chi connectivity index (χ0n) is 21.5. The van der Waals surface area contributed by atoms with E-state index in [-0.39, 0.29) is 29.2 Å². The van der Waals surface area contributed by atoms with Crippen LogP contribution in [0.3, 0.4) is 0 Å². The van der Waals surface area contributed by atoms with Crippen molar-refractivity contribution in [1.29, 1.82) is 0 Å². The molecule has 41 heavy (non-hydrogen) atoms. The quantitative estimate of drug-likeness (QED) is 0.276. The number of hydrogen-bond acceptors (Lipinski definition) is 6. The first-order chi connectivity index (χ1) is 19.8. The van der Waals surface area contributed by atoms with Gasteiger partial charge in [0.1, 0.15) is 5.82 Å². The third kappa shape index (κ3) is 3.60. The maximum atomic E-state index is 5.01. The molecule has 9 heteroatoms. The molecular formula is C32H18AlN8+. The second kappa shape index (κ2) is 9.03. The van der Waals surface area contributed by atoms with Gasteiger partial charge in [-0.05, 0) is 21.9 Å². The molecule has 2 aliphatic carbocycles. The van der Waals surface area contributed by atoms with Crippen LogP contribution in [0.1, 0.15) is 23.5 Å². The van der Waals surface area contributed by atoms with Gasteiger partial charge in [0.25, 0.3) is 0 Å². The largest absolute Gasteiger partial charge is 3.00 e. The topological polar surface area (TPSA) is 106 Å². The Morgan fingerprint density at radius 1 is 0.561 bits per heavy atom.